The van der Waals surface area contributed by atoms with Crippen LogP contribution in [0.15, 0.2) is 42.5 Å². The second-order valence-electron chi connectivity index (χ2n) is 8.48. The molecule has 1 amide bonds. The normalized spacial score (nSPS) is 20.9. The minimum atomic E-state index is -1.79. The number of ether oxygens (including phenoxy) is 3. The fourth-order valence-electron chi connectivity index (χ4n) is 2.88. The fraction of sp³-hybridized carbons (Fsp3) is 0.385. The van der Waals surface area contributed by atoms with E-state index in [1.54, 1.807) is 38.5 Å². The SMILES string of the molecule is COC.O=C(O)C1OCC(O)C(O)C1O.[C-]#[N+]c1ccc(NC(=O)[C@@](C)(O)COc2ccc(C#N)cc2)cc1Cl. The predicted octanol–water partition coefficient (Wildman–Crippen LogP) is 1.35. The van der Waals surface area contributed by atoms with Crippen LogP contribution in [-0.4, -0.2) is 94.9 Å². The molecule has 1 saturated heterocycles. The first-order valence-electron chi connectivity index (χ1n) is 11.4. The van der Waals surface area contributed by atoms with Crippen LogP contribution in [0.2, 0.25) is 5.02 Å². The number of amides is 1. The summed E-state index contributed by atoms with van der Waals surface area (Å²) in [5.41, 5.74) is -0.674. The molecule has 4 unspecified atom stereocenters. The lowest BCUT2D eigenvalue weighted by molar-refractivity contribution is -0.201. The minimum Gasteiger partial charge on any atom is -0.490 e. The molecular formula is C26H30ClN3O10. The van der Waals surface area contributed by atoms with Crippen molar-refractivity contribution in [2.45, 2.75) is 36.9 Å². The number of carboxylic acid groups (broad SMARTS) is 1. The lowest BCUT2D eigenvalue weighted by Crippen LogP contribution is -2.55. The molecule has 0 radical (unpaired) electrons. The van der Waals surface area contributed by atoms with Gasteiger partial charge < -0.3 is 45.1 Å². The summed E-state index contributed by atoms with van der Waals surface area (Å²) in [5, 5.41) is 57.2. The van der Waals surface area contributed by atoms with Crippen molar-refractivity contribution in [1.29, 1.82) is 5.26 Å². The summed E-state index contributed by atoms with van der Waals surface area (Å²) < 4.78 is 14.2. The van der Waals surface area contributed by atoms with Crippen molar-refractivity contribution in [2.24, 2.45) is 0 Å². The number of nitrogens with one attached hydrogen (secondary N) is 1. The monoisotopic (exact) mass is 579 g/mol. The fourth-order valence-corrected chi connectivity index (χ4v) is 3.10. The van der Waals surface area contributed by atoms with E-state index in [0.717, 1.165) is 0 Å². The van der Waals surface area contributed by atoms with Gasteiger partial charge in [-0.25, -0.2) is 9.64 Å². The molecule has 13 nitrogen and oxygen atoms in total. The third-order valence-corrected chi connectivity index (χ3v) is 5.37. The topological polar surface area (TPSA) is 203 Å². The third-order valence-electron chi connectivity index (χ3n) is 5.06. The van der Waals surface area contributed by atoms with Gasteiger partial charge in [-0.1, -0.05) is 17.7 Å². The predicted molar refractivity (Wildman–Crippen MR) is 142 cm³/mol. The molecule has 0 aromatic heterocycles. The molecule has 1 aliphatic rings. The number of aliphatic hydroxyl groups is 4. The zero-order valence-electron chi connectivity index (χ0n) is 21.8. The van der Waals surface area contributed by atoms with Crippen LogP contribution in [-0.2, 0) is 19.1 Å². The largest absolute Gasteiger partial charge is 0.490 e. The number of halogens is 1. The van der Waals surface area contributed by atoms with Gasteiger partial charge in [0.25, 0.3) is 5.91 Å². The molecule has 0 spiro atoms. The zero-order chi connectivity index (χ0) is 30.5. The Hall–Kier alpha value is -3.79. The van der Waals surface area contributed by atoms with Gasteiger partial charge >= 0.3 is 5.97 Å². The smallest absolute Gasteiger partial charge is 0.335 e. The Balaban J connectivity index is 0.000000443. The van der Waals surface area contributed by atoms with Gasteiger partial charge in [0, 0.05) is 24.9 Å². The van der Waals surface area contributed by atoms with Crippen LogP contribution in [0.25, 0.3) is 4.85 Å². The quantitative estimate of drug-likeness (QED) is 0.269. The lowest BCUT2D eigenvalue weighted by Gasteiger charge is -2.32. The van der Waals surface area contributed by atoms with Gasteiger partial charge in [0.1, 0.15) is 30.7 Å². The van der Waals surface area contributed by atoms with Gasteiger partial charge in [0.05, 0.1) is 24.8 Å². The number of rotatable bonds is 6. The lowest BCUT2D eigenvalue weighted by atomic mass is 10.0. The Bertz CT molecular complexity index is 1210. The minimum absolute atomic E-state index is 0.210. The van der Waals surface area contributed by atoms with E-state index in [2.05, 4.69) is 19.6 Å². The number of carbonyl (C=O) groups excluding carboxylic acids is 1. The van der Waals surface area contributed by atoms with E-state index >= 15 is 0 Å². The van der Waals surface area contributed by atoms with E-state index < -0.39 is 41.9 Å². The summed E-state index contributed by atoms with van der Waals surface area (Å²) in [6.45, 7) is 7.70. The van der Waals surface area contributed by atoms with Crippen LogP contribution in [0.1, 0.15) is 12.5 Å². The van der Waals surface area contributed by atoms with Crippen LogP contribution in [0.4, 0.5) is 11.4 Å². The highest BCUT2D eigenvalue weighted by Gasteiger charge is 2.41. The highest BCUT2D eigenvalue weighted by molar-refractivity contribution is 6.33. The van der Waals surface area contributed by atoms with E-state index in [1.165, 1.54) is 25.1 Å². The van der Waals surface area contributed by atoms with Gasteiger partial charge in [-0.3, -0.25) is 4.79 Å². The van der Waals surface area contributed by atoms with Crippen LogP contribution in [0.3, 0.4) is 0 Å². The zero-order valence-corrected chi connectivity index (χ0v) is 22.6. The van der Waals surface area contributed by atoms with E-state index in [-0.39, 0.29) is 23.9 Å². The standard InChI is InChI=1S/C18H14ClN3O3.C6H10O6.C2H6O/c1-18(24,11-25-14-6-3-12(10-20)4-7-14)17(23)22-13-5-8-16(21-2)15(19)9-13;7-2-1-12-5(6(10)11)4(9)3(2)8;1-3-2/h3-9,24H,11H2,1H3,(H,22,23);2-5,7-9H,1H2,(H,10,11);1-2H3/t18-;;/m0../s1. The first-order valence-corrected chi connectivity index (χ1v) is 11.8. The summed E-state index contributed by atoms with van der Waals surface area (Å²) in [4.78, 5) is 25.8. The number of aliphatic hydroxyl groups excluding tert-OH is 3. The number of hydrogen-bond donors (Lipinski definition) is 6. The first kappa shape index (κ1) is 34.2. The van der Waals surface area contributed by atoms with Crippen molar-refractivity contribution in [3.63, 3.8) is 0 Å². The molecule has 2 aromatic carbocycles. The van der Waals surface area contributed by atoms with Crippen LogP contribution in [0, 0.1) is 17.9 Å². The summed E-state index contributed by atoms with van der Waals surface area (Å²) in [7, 11) is 3.25. The molecule has 6 N–H and O–H groups in total. The van der Waals surface area contributed by atoms with Gasteiger partial charge in [-0.15, -0.1) is 0 Å². The summed E-state index contributed by atoms with van der Waals surface area (Å²) in [6.07, 6.45) is -5.72. The number of hydrogen-bond acceptors (Lipinski definition) is 10. The average Bonchev–Trinajstić information content (AvgIpc) is 2.91. The van der Waals surface area contributed by atoms with Gasteiger partial charge in [-0.05, 0) is 43.3 Å². The Labute approximate surface area is 235 Å². The molecule has 1 fully saturated rings. The van der Waals surface area contributed by atoms with E-state index in [0.29, 0.717) is 17.0 Å². The number of carbonyl (C=O) groups is 2. The molecule has 1 aliphatic heterocycles. The third kappa shape index (κ3) is 10.4. The maximum Gasteiger partial charge on any atom is 0.335 e. The van der Waals surface area contributed by atoms with Crippen molar-refractivity contribution in [1.82, 2.24) is 0 Å². The van der Waals surface area contributed by atoms with Crippen LogP contribution < -0.4 is 10.1 Å². The summed E-state index contributed by atoms with van der Waals surface area (Å²) in [5.74, 6) is -1.60. The van der Waals surface area contributed by atoms with Crippen molar-refractivity contribution < 1.29 is 49.3 Å². The Morgan fingerprint density at radius 3 is 2.30 bits per heavy atom. The van der Waals surface area contributed by atoms with E-state index in [9.17, 15) is 14.7 Å². The van der Waals surface area contributed by atoms with Crippen molar-refractivity contribution >= 4 is 34.9 Å². The van der Waals surface area contributed by atoms with Gasteiger partial charge in [0.2, 0.25) is 5.69 Å². The molecule has 40 heavy (non-hydrogen) atoms. The Morgan fingerprint density at radius 1 is 1.20 bits per heavy atom. The highest BCUT2D eigenvalue weighted by Crippen LogP contribution is 2.28. The molecule has 14 heteroatoms. The molecular weight excluding hydrogens is 550 g/mol. The maximum atomic E-state index is 12.2. The van der Waals surface area contributed by atoms with E-state index in [4.69, 9.17) is 48.6 Å². The van der Waals surface area contributed by atoms with Gasteiger partial charge in [0.15, 0.2) is 11.7 Å². The summed E-state index contributed by atoms with van der Waals surface area (Å²) in [6, 6.07) is 12.7. The van der Waals surface area contributed by atoms with Crippen molar-refractivity contribution in [3.8, 4) is 11.8 Å². The number of nitriles is 1. The molecule has 3 rings (SSSR count). The van der Waals surface area contributed by atoms with Crippen LogP contribution >= 0.6 is 11.6 Å². The molecule has 0 aliphatic carbocycles. The molecule has 5 atom stereocenters. The highest BCUT2D eigenvalue weighted by atomic mass is 35.5. The number of methoxy groups -OCH3 is 1. The second-order valence-corrected chi connectivity index (χ2v) is 8.89. The number of aliphatic carboxylic acids is 1. The first-order chi connectivity index (χ1) is 18.8. The van der Waals surface area contributed by atoms with Crippen LogP contribution in [0.5, 0.6) is 5.75 Å². The van der Waals surface area contributed by atoms with Crippen molar-refractivity contribution in [3.05, 3.63) is 64.5 Å². The Kier molecular flexibility index (Phi) is 14.0. The number of carboxylic acids is 1. The second kappa shape index (κ2) is 16.3. The maximum absolute atomic E-state index is 12.2. The molecule has 2 aromatic rings. The molecule has 0 bridgehead atoms. The number of benzene rings is 2. The summed E-state index contributed by atoms with van der Waals surface area (Å²) >= 11 is 5.92. The Morgan fingerprint density at radius 2 is 1.80 bits per heavy atom. The number of nitrogens with zero attached hydrogens (tertiary/aromatic N) is 2. The van der Waals surface area contributed by atoms with Crippen molar-refractivity contribution in [2.75, 3.05) is 32.8 Å². The molecule has 1 heterocycles. The molecule has 0 saturated carbocycles. The molecule has 216 valence electrons. The average molecular weight is 580 g/mol. The number of anilines is 1. The van der Waals surface area contributed by atoms with E-state index in [1.807, 2.05) is 6.07 Å². The van der Waals surface area contributed by atoms with Gasteiger partial charge in [-0.2, -0.15) is 5.26 Å².